The molecule has 0 unspecified atom stereocenters. The summed E-state index contributed by atoms with van der Waals surface area (Å²) < 4.78 is 2.30. The van der Waals surface area contributed by atoms with Gasteiger partial charge in [0.05, 0.1) is 0 Å². The van der Waals surface area contributed by atoms with E-state index in [4.69, 9.17) is 0 Å². The normalized spacial score (nSPS) is 15.6. The quantitative estimate of drug-likeness (QED) is 0.757. The van der Waals surface area contributed by atoms with Crippen molar-refractivity contribution >= 4 is 16.7 Å². The van der Waals surface area contributed by atoms with E-state index in [0.717, 1.165) is 37.0 Å². The van der Waals surface area contributed by atoms with Crippen LogP contribution in [0.15, 0.2) is 24.3 Å². The van der Waals surface area contributed by atoms with Crippen molar-refractivity contribution in [2.24, 2.45) is 0 Å². The Morgan fingerprint density at radius 3 is 2.94 bits per heavy atom. The highest BCUT2D eigenvalue weighted by Gasteiger charge is 2.20. The second-order valence-corrected chi connectivity index (χ2v) is 4.55. The van der Waals surface area contributed by atoms with Crippen LogP contribution in [0.3, 0.4) is 0 Å². The fourth-order valence-electron chi connectivity index (χ4n) is 2.79. The van der Waals surface area contributed by atoms with Crippen LogP contribution in [0.2, 0.25) is 0 Å². The number of carbonyl (C=O) groups excluding carboxylic acids is 1. The minimum Gasteiger partial charge on any atom is -0.343 e. The van der Waals surface area contributed by atoms with Gasteiger partial charge in [-0.05, 0) is 13.0 Å². The average molecular weight is 228 g/mol. The third kappa shape index (κ3) is 1.58. The molecule has 1 aromatic carbocycles. The summed E-state index contributed by atoms with van der Waals surface area (Å²) in [6.45, 7) is 4.55. The Morgan fingerprint density at radius 2 is 2.12 bits per heavy atom. The molecule has 0 fully saturated rings. The molecule has 0 saturated heterocycles. The lowest BCUT2D eigenvalue weighted by Gasteiger charge is -2.05. The van der Waals surface area contributed by atoms with Gasteiger partial charge in [0.25, 0.3) is 0 Å². The van der Waals surface area contributed by atoms with Gasteiger partial charge in [0.2, 0.25) is 0 Å². The fraction of sp³-hybridized carbons (Fsp3) is 0.357. The number of fused-ring (bicyclic) bond motifs is 3. The summed E-state index contributed by atoms with van der Waals surface area (Å²) in [5.41, 5.74) is 3.31. The van der Waals surface area contributed by atoms with E-state index in [0.29, 0.717) is 0 Å². The first kappa shape index (κ1) is 10.5. The van der Waals surface area contributed by atoms with Gasteiger partial charge in [-0.15, -0.1) is 0 Å². The Bertz CT molecular complexity index is 583. The standard InChI is InChI=1S/C14H16N2O/c1-10(17)14-11-4-2-3-5-12(11)16-9-8-15-7-6-13(14)16/h2-5,15H,6-9H2,1H3. The number of ketones is 1. The summed E-state index contributed by atoms with van der Waals surface area (Å²) in [4.78, 5) is 11.9. The maximum Gasteiger partial charge on any atom is 0.162 e. The Morgan fingerprint density at radius 1 is 1.29 bits per heavy atom. The summed E-state index contributed by atoms with van der Waals surface area (Å²) in [6, 6.07) is 8.21. The predicted molar refractivity (Wildman–Crippen MR) is 68.5 cm³/mol. The molecule has 88 valence electrons. The molecule has 2 aromatic rings. The first-order chi connectivity index (χ1) is 8.29. The van der Waals surface area contributed by atoms with Crippen molar-refractivity contribution < 1.29 is 4.79 Å². The molecule has 0 spiro atoms. The summed E-state index contributed by atoms with van der Waals surface area (Å²) in [5.74, 6) is 0.178. The highest BCUT2D eigenvalue weighted by Crippen LogP contribution is 2.27. The second-order valence-electron chi connectivity index (χ2n) is 4.55. The average Bonchev–Trinajstić information content (AvgIpc) is 2.48. The number of hydrogen-bond donors (Lipinski definition) is 1. The van der Waals surface area contributed by atoms with Crippen LogP contribution in [0.5, 0.6) is 0 Å². The second kappa shape index (κ2) is 4.00. The van der Waals surface area contributed by atoms with Gasteiger partial charge in [0.15, 0.2) is 5.78 Å². The highest BCUT2D eigenvalue weighted by atomic mass is 16.1. The largest absolute Gasteiger partial charge is 0.343 e. The van der Waals surface area contributed by atoms with Crippen molar-refractivity contribution in [2.45, 2.75) is 19.9 Å². The van der Waals surface area contributed by atoms with Gasteiger partial charge < -0.3 is 9.88 Å². The number of rotatable bonds is 1. The van der Waals surface area contributed by atoms with Crippen molar-refractivity contribution in [1.82, 2.24) is 9.88 Å². The van der Waals surface area contributed by atoms with E-state index < -0.39 is 0 Å². The zero-order valence-corrected chi connectivity index (χ0v) is 9.99. The van der Waals surface area contributed by atoms with Crippen molar-refractivity contribution in [3.63, 3.8) is 0 Å². The lowest BCUT2D eigenvalue weighted by atomic mass is 10.1. The van der Waals surface area contributed by atoms with Gasteiger partial charge in [-0.2, -0.15) is 0 Å². The zero-order valence-electron chi connectivity index (χ0n) is 9.99. The summed E-state index contributed by atoms with van der Waals surface area (Å²) in [7, 11) is 0. The Labute approximate surface area is 100 Å². The monoisotopic (exact) mass is 228 g/mol. The lowest BCUT2D eigenvalue weighted by Crippen LogP contribution is -2.17. The SMILES string of the molecule is CC(=O)c1c2n(c3ccccc13)CCNCC2. The van der Waals surface area contributed by atoms with Crippen LogP contribution in [0.25, 0.3) is 10.9 Å². The van der Waals surface area contributed by atoms with E-state index in [-0.39, 0.29) is 5.78 Å². The van der Waals surface area contributed by atoms with Crippen LogP contribution in [0, 0.1) is 0 Å². The Balaban J connectivity index is 2.36. The van der Waals surface area contributed by atoms with E-state index in [2.05, 4.69) is 22.0 Å². The van der Waals surface area contributed by atoms with Crippen LogP contribution in [-0.2, 0) is 13.0 Å². The molecule has 0 amide bonds. The molecular formula is C14H16N2O. The van der Waals surface area contributed by atoms with Gasteiger partial charge in [0.1, 0.15) is 0 Å². The zero-order chi connectivity index (χ0) is 11.8. The number of Topliss-reactive ketones (excluding diaryl/α,β-unsaturated/α-hetero) is 1. The maximum absolute atomic E-state index is 11.9. The molecule has 1 N–H and O–H groups in total. The number of nitrogens with zero attached hydrogens (tertiary/aromatic N) is 1. The molecule has 1 aliphatic rings. The third-order valence-electron chi connectivity index (χ3n) is 3.48. The van der Waals surface area contributed by atoms with Crippen molar-refractivity contribution in [2.75, 3.05) is 13.1 Å². The first-order valence-corrected chi connectivity index (χ1v) is 6.11. The van der Waals surface area contributed by atoms with Gasteiger partial charge in [-0.1, -0.05) is 18.2 Å². The number of benzene rings is 1. The van der Waals surface area contributed by atoms with E-state index in [9.17, 15) is 4.79 Å². The van der Waals surface area contributed by atoms with Gasteiger partial charge in [-0.25, -0.2) is 0 Å². The minimum absolute atomic E-state index is 0.178. The van der Waals surface area contributed by atoms with Gasteiger partial charge >= 0.3 is 0 Å². The molecular weight excluding hydrogens is 212 g/mol. The molecule has 0 bridgehead atoms. The minimum atomic E-state index is 0.178. The van der Waals surface area contributed by atoms with E-state index >= 15 is 0 Å². The molecule has 0 atom stereocenters. The molecule has 17 heavy (non-hydrogen) atoms. The molecule has 0 radical (unpaired) electrons. The topological polar surface area (TPSA) is 34.0 Å². The molecule has 3 heteroatoms. The summed E-state index contributed by atoms with van der Waals surface area (Å²) in [6.07, 6.45) is 0.934. The highest BCUT2D eigenvalue weighted by molar-refractivity contribution is 6.08. The van der Waals surface area contributed by atoms with Crippen molar-refractivity contribution in [1.29, 1.82) is 0 Å². The summed E-state index contributed by atoms with van der Waals surface area (Å²) >= 11 is 0. The van der Waals surface area contributed by atoms with Crippen molar-refractivity contribution in [3.05, 3.63) is 35.5 Å². The van der Waals surface area contributed by atoms with E-state index in [1.807, 2.05) is 12.1 Å². The number of hydrogen-bond acceptors (Lipinski definition) is 2. The van der Waals surface area contributed by atoms with E-state index in [1.54, 1.807) is 6.92 Å². The number of nitrogens with one attached hydrogen (secondary N) is 1. The Kier molecular flexibility index (Phi) is 2.48. The van der Waals surface area contributed by atoms with Crippen LogP contribution < -0.4 is 5.32 Å². The predicted octanol–water partition coefficient (Wildman–Crippen LogP) is 1.99. The van der Waals surface area contributed by atoms with Gasteiger partial charge in [-0.3, -0.25) is 4.79 Å². The van der Waals surface area contributed by atoms with Crippen LogP contribution in [0.1, 0.15) is 23.0 Å². The van der Waals surface area contributed by atoms with Crippen LogP contribution in [0.4, 0.5) is 0 Å². The molecule has 1 aliphatic heterocycles. The smallest absolute Gasteiger partial charge is 0.162 e. The fourth-order valence-corrected chi connectivity index (χ4v) is 2.79. The lowest BCUT2D eigenvalue weighted by molar-refractivity contribution is 0.101. The van der Waals surface area contributed by atoms with Crippen LogP contribution >= 0.6 is 0 Å². The molecule has 0 aliphatic carbocycles. The van der Waals surface area contributed by atoms with Crippen molar-refractivity contribution in [3.8, 4) is 0 Å². The molecule has 3 nitrogen and oxygen atoms in total. The molecule has 0 saturated carbocycles. The first-order valence-electron chi connectivity index (χ1n) is 6.11. The van der Waals surface area contributed by atoms with E-state index in [1.165, 1.54) is 11.2 Å². The number of para-hydroxylation sites is 1. The Hall–Kier alpha value is -1.61. The maximum atomic E-state index is 11.9. The van der Waals surface area contributed by atoms with Crippen LogP contribution in [-0.4, -0.2) is 23.4 Å². The molecule has 2 heterocycles. The third-order valence-corrected chi connectivity index (χ3v) is 3.48. The van der Waals surface area contributed by atoms with Gasteiger partial charge in [0, 0.05) is 48.2 Å². The number of carbonyl (C=O) groups is 1. The molecule has 3 rings (SSSR count). The number of aromatic nitrogens is 1. The molecule has 1 aromatic heterocycles. The summed E-state index contributed by atoms with van der Waals surface area (Å²) in [5, 5.41) is 4.49.